The van der Waals surface area contributed by atoms with Crippen molar-refractivity contribution in [3.05, 3.63) is 0 Å². The smallest absolute Gasteiger partial charge is 0.407 e. The SMILES string of the molecule is CCCCN(CCCC)CCOC(=O)NC1CCC(CC2CCC(NC(=O)OCCN(CCCC)CCCC)CC2)CC1. The van der Waals surface area contributed by atoms with Crippen molar-refractivity contribution in [1.82, 2.24) is 20.4 Å². The molecule has 43 heavy (non-hydrogen) atoms. The Labute approximate surface area is 264 Å². The van der Waals surface area contributed by atoms with Gasteiger partial charge in [-0.1, -0.05) is 53.4 Å². The number of amides is 2. The quantitative estimate of drug-likeness (QED) is 0.131. The van der Waals surface area contributed by atoms with Crippen LogP contribution in [0.2, 0.25) is 0 Å². The third-order valence-corrected chi connectivity index (χ3v) is 9.60. The van der Waals surface area contributed by atoms with Gasteiger partial charge < -0.3 is 20.1 Å². The lowest BCUT2D eigenvalue weighted by atomic mass is 9.76. The minimum atomic E-state index is -0.246. The van der Waals surface area contributed by atoms with Crippen LogP contribution in [0.1, 0.15) is 137 Å². The van der Waals surface area contributed by atoms with Crippen molar-refractivity contribution in [2.75, 3.05) is 52.5 Å². The Morgan fingerprint density at radius 3 is 1.16 bits per heavy atom. The topological polar surface area (TPSA) is 83.1 Å². The third kappa shape index (κ3) is 17.5. The van der Waals surface area contributed by atoms with Gasteiger partial charge in [-0.15, -0.1) is 0 Å². The first-order valence-electron chi connectivity index (χ1n) is 18.3. The molecule has 0 radical (unpaired) electrons. The maximum Gasteiger partial charge on any atom is 0.407 e. The summed E-state index contributed by atoms with van der Waals surface area (Å²) in [6.45, 7) is 15.9. The fourth-order valence-electron chi connectivity index (χ4n) is 6.71. The Bertz CT molecular complexity index is 634. The molecule has 0 aromatic rings. The summed E-state index contributed by atoms with van der Waals surface area (Å²) in [5.41, 5.74) is 0. The fourth-order valence-corrected chi connectivity index (χ4v) is 6.71. The maximum absolute atomic E-state index is 12.4. The lowest BCUT2D eigenvalue weighted by Crippen LogP contribution is -2.40. The zero-order chi connectivity index (χ0) is 31.1. The number of alkyl carbamates (subject to hydrolysis) is 2. The lowest BCUT2D eigenvalue weighted by molar-refractivity contribution is 0.117. The normalized spacial score (nSPS) is 22.5. The van der Waals surface area contributed by atoms with Crippen LogP contribution >= 0.6 is 0 Å². The van der Waals surface area contributed by atoms with Crippen LogP contribution in [0.15, 0.2) is 0 Å². The van der Waals surface area contributed by atoms with Crippen molar-refractivity contribution in [3.8, 4) is 0 Å². The van der Waals surface area contributed by atoms with Gasteiger partial charge in [-0.3, -0.25) is 9.80 Å². The van der Waals surface area contributed by atoms with Crippen molar-refractivity contribution in [2.24, 2.45) is 11.8 Å². The van der Waals surface area contributed by atoms with Gasteiger partial charge in [-0.05, 0) is 121 Å². The number of nitrogens with one attached hydrogen (secondary N) is 2. The van der Waals surface area contributed by atoms with Gasteiger partial charge in [0, 0.05) is 25.2 Å². The van der Waals surface area contributed by atoms with E-state index in [0.717, 1.165) is 76.8 Å². The molecule has 2 N–H and O–H groups in total. The van der Waals surface area contributed by atoms with E-state index in [1.54, 1.807) is 0 Å². The van der Waals surface area contributed by atoms with Crippen molar-refractivity contribution >= 4 is 12.2 Å². The number of carbonyl (C=O) groups excluding carboxylic acids is 2. The molecular formula is C35H68N4O4. The van der Waals surface area contributed by atoms with Gasteiger partial charge in [0.25, 0.3) is 0 Å². The van der Waals surface area contributed by atoms with Gasteiger partial charge in [0.05, 0.1) is 0 Å². The Morgan fingerprint density at radius 2 is 0.860 bits per heavy atom. The molecule has 0 aromatic carbocycles. The number of rotatable bonds is 22. The van der Waals surface area contributed by atoms with Crippen LogP contribution in [0.25, 0.3) is 0 Å². The molecule has 0 bridgehead atoms. The zero-order valence-corrected chi connectivity index (χ0v) is 28.5. The Kier molecular flexibility index (Phi) is 20.8. The highest BCUT2D eigenvalue weighted by Crippen LogP contribution is 2.35. The summed E-state index contributed by atoms with van der Waals surface area (Å²) in [6, 6.07) is 0.493. The molecule has 0 saturated heterocycles. The predicted octanol–water partition coefficient (Wildman–Crippen LogP) is 7.75. The summed E-state index contributed by atoms with van der Waals surface area (Å²) >= 11 is 0. The van der Waals surface area contributed by atoms with E-state index in [9.17, 15) is 9.59 Å². The minimum Gasteiger partial charge on any atom is -0.448 e. The van der Waals surface area contributed by atoms with Gasteiger partial charge in [-0.25, -0.2) is 9.59 Å². The van der Waals surface area contributed by atoms with Crippen molar-refractivity contribution in [3.63, 3.8) is 0 Å². The first-order chi connectivity index (χ1) is 21.0. The van der Waals surface area contributed by atoms with Gasteiger partial charge in [0.1, 0.15) is 13.2 Å². The zero-order valence-electron chi connectivity index (χ0n) is 28.5. The van der Waals surface area contributed by atoms with Crippen LogP contribution in [-0.2, 0) is 9.47 Å². The summed E-state index contributed by atoms with van der Waals surface area (Å²) in [5.74, 6) is 1.50. The summed E-state index contributed by atoms with van der Waals surface area (Å²) in [7, 11) is 0. The van der Waals surface area contributed by atoms with E-state index in [1.165, 1.54) is 83.5 Å². The van der Waals surface area contributed by atoms with Crippen LogP contribution in [0.4, 0.5) is 9.59 Å². The molecule has 0 unspecified atom stereocenters. The number of ether oxygens (including phenoxy) is 2. The van der Waals surface area contributed by atoms with Crippen molar-refractivity contribution in [2.45, 2.75) is 149 Å². The molecular weight excluding hydrogens is 540 g/mol. The van der Waals surface area contributed by atoms with Crippen LogP contribution in [0, 0.1) is 11.8 Å². The molecule has 2 amide bonds. The highest BCUT2D eigenvalue weighted by atomic mass is 16.6. The van der Waals surface area contributed by atoms with Gasteiger partial charge in [0.2, 0.25) is 0 Å². The van der Waals surface area contributed by atoms with E-state index in [4.69, 9.17) is 9.47 Å². The van der Waals surface area contributed by atoms with E-state index in [2.05, 4.69) is 48.1 Å². The maximum atomic E-state index is 12.4. The van der Waals surface area contributed by atoms with E-state index >= 15 is 0 Å². The minimum absolute atomic E-state index is 0.246. The molecule has 0 atom stereocenters. The summed E-state index contributed by atoms with van der Waals surface area (Å²) in [5, 5.41) is 6.26. The summed E-state index contributed by atoms with van der Waals surface area (Å²) in [6.07, 6.45) is 19.3. The number of hydrogen-bond donors (Lipinski definition) is 2. The van der Waals surface area contributed by atoms with Crippen LogP contribution < -0.4 is 10.6 Å². The molecule has 0 heterocycles. The first kappa shape index (κ1) is 37.6. The highest BCUT2D eigenvalue weighted by Gasteiger charge is 2.28. The number of carbonyl (C=O) groups is 2. The number of unbranched alkanes of at least 4 members (excludes halogenated alkanes) is 4. The molecule has 0 spiro atoms. The molecule has 2 aliphatic carbocycles. The molecule has 2 fully saturated rings. The molecule has 8 nitrogen and oxygen atoms in total. The Hall–Kier alpha value is -1.54. The average Bonchev–Trinajstić information content (AvgIpc) is 3.01. The third-order valence-electron chi connectivity index (χ3n) is 9.60. The van der Waals surface area contributed by atoms with Gasteiger partial charge >= 0.3 is 12.2 Å². The van der Waals surface area contributed by atoms with Crippen molar-refractivity contribution < 1.29 is 19.1 Å². The van der Waals surface area contributed by atoms with Crippen LogP contribution in [0.5, 0.6) is 0 Å². The second-order valence-corrected chi connectivity index (χ2v) is 13.3. The first-order valence-corrected chi connectivity index (χ1v) is 18.3. The van der Waals surface area contributed by atoms with Crippen molar-refractivity contribution in [1.29, 1.82) is 0 Å². The molecule has 252 valence electrons. The number of nitrogens with zero attached hydrogens (tertiary/aromatic N) is 2. The lowest BCUT2D eigenvalue weighted by Gasteiger charge is -2.34. The van der Waals surface area contributed by atoms with Crippen LogP contribution in [0.3, 0.4) is 0 Å². The van der Waals surface area contributed by atoms with E-state index in [1.807, 2.05) is 0 Å². The second kappa shape index (κ2) is 23.8. The fraction of sp³-hybridized carbons (Fsp3) is 0.943. The van der Waals surface area contributed by atoms with Crippen LogP contribution in [-0.4, -0.2) is 86.6 Å². The van der Waals surface area contributed by atoms with E-state index < -0.39 is 0 Å². The molecule has 0 aromatic heterocycles. The second-order valence-electron chi connectivity index (χ2n) is 13.3. The predicted molar refractivity (Wildman–Crippen MR) is 178 cm³/mol. The standard InChI is InChI=1S/C35H68N4O4/c1-5-9-21-38(22-10-6-2)25-27-42-34(40)36-32-17-13-30(14-18-32)29-31-15-19-33(20-16-31)37-35(41)43-28-26-39(23-11-7-3)24-12-8-4/h30-33H,5-29H2,1-4H3,(H,36,40)(H,37,41). The number of hydrogen-bond acceptors (Lipinski definition) is 6. The van der Waals surface area contributed by atoms with Gasteiger partial charge in [0.15, 0.2) is 0 Å². The monoisotopic (exact) mass is 609 g/mol. The summed E-state index contributed by atoms with van der Waals surface area (Å²) in [4.78, 5) is 29.7. The summed E-state index contributed by atoms with van der Waals surface area (Å²) < 4.78 is 11.1. The molecule has 0 aliphatic heterocycles. The molecule has 2 saturated carbocycles. The molecule has 2 aliphatic rings. The Morgan fingerprint density at radius 1 is 0.535 bits per heavy atom. The molecule has 8 heteroatoms. The van der Waals surface area contributed by atoms with E-state index in [-0.39, 0.29) is 24.3 Å². The van der Waals surface area contributed by atoms with Gasteiger partial charge in [-0.2, -0.15) is 0 Å². The highest BCUT2D eigenvalue weighted by molar-refractivity contribution is 5.67. The average molecular weight is 609 g/mol. The molecule has 2 rings (SSSR count). The Balaban J connectivity index is 1.54. The largest absolute Gasteiger partial charge is 0.448 e. The van der Waals surface area contributed by atoms with E-state index in [0.29, 0.717) is 13.2 Å².